The maximum absolute atomic E-state index is 12.2. The highest BCUT2D eigenvalue weighted by Gasteiger charge is 2.22. The number of aryl methyl sites for hydroxylation is 2. The molecule has 8 nitrogen and oxygen atoms in total. The fourth-order valence-corrected chi connectivity index (χ4v) is 2.97. The smallest absolute Gasteiger partial charge is 0.315 e. The molecule has 0 heterocycles. The van der Waals surface area contributed by atoms with E-state index in [1.54, 1.807) is 18.2 Å². The summed E-state index contributed by atoms with van der Waals surface area (Å²) in [5, 5.41) is 15.6. The molecule has 32 heavy (non-hydrogen) atoms. The third kappa shape index (κ3) is 5.48. The van der Waals surface area contributed by atoms with Gasteiger partial charge in [0.2, 0.25) is 5.75 Å². The number of nitrogens with zero attached hydrogens (tertiary/aromatic N) is 2. The molecule has 164 valence electrons. The Morgan fingerprint density at radius 2 is 1.84 bits per heavy atom. The minimum absolute atomic E-state index is 0.0293. The molecule has 0 spiro atoms. The zero-order valence-electron chi connectivity index (χ0n) is 18.0. The third-order valence-corrected chi connectivity index (χ3v) is 4.80. The zero-order valence-corrected chi connectivity index (χ0v) is 18.0. The molecule has 1 N–H and O–H groups in total. The van der Waals surface area contributed by atoms with Gasteiger partial charge in [-0.25, -0.2) is 5.43 Å². The van der Waals surface area contributed by atoms with Crippen molar-refractivity contribution in [2.24, 2.45) is 5.10 Å². The van der Waals surface area contributed by atoms with Gasteiger partial charge in [-0.3, -0.25) is 14.9 Å². The van der Waals surface area contributed by atoms with Gasteiger partial charge in [0, 0.05) is 17.2 Å². The van der Waals surface area contributed by atoms with Crippen LogP contribution in [0.3, 0.4) is 0 Å². The van der Waals surface area contributed by atoms with Crippen molar-refractivity contribution in [3.8, 4) is 11.5 Å². The minimum atomic E-state index is -0.544. The Hall–Kier alpha value is -4.20. The van der Waals surface area contributed by atoms with Crippen LogP contribution in [-0.4, -0.2) is 24.2 Å². The van der Waals surface area contributed by atoms with Crippen molar-refractivity contribution in [3.05, 3.63) is 98.6 Å². The van der Waals surface area contributed by atoms with E-state index in [0.29, 0.717) is 11.1 Å². The summed E-state index contributed by atoms with van der Waals surface area (Å²) in [6.07, 6.45) is 1.31. The number of carbonyl (C=O) groups is 1. The summed E-state index contributed by atoms with van der Waals surface area (Å²) in [6, 6.07) is 17.5. The van der Waals surface area contributed by atoms with Crippen LogP contribution < -0.4 is 14.9 Å². The number of ether oxygens (including phenoxy) is 2. The lowest BCUT2D eigenvalue weighted by Gasteiger charge is -2.13. The Balaban J connectivity index is 1.80. The number of hydrogen-bond acceptors (Lipinski definition) is 6. The van der Waals surface area contributed by atoms with E-state index in [2.05, 4.69) is 10.5 Å². The van der Waals surface area contributed by atoms with Crippen LogP contribution >= 0.6 is 0 Å². The second-order valence-electron chi connectivity index (χ2n) is 7.11. The lowest BCUT2D eigenvalue weighted by molar-refractivity contribution is -0.386. The summed E-state index contributed by atoms with van der Waals surface area (Å²) in [7, 11) is 1.40. The van der Waals surface area contributed by atoms with Gasteiger partial charge in [0.15, 0.2) is 5.75 Å². The number of amides is 1. The number of methoxy groups -OCH3 is 1. The van der Waals surface area contributed by atoms with Crippen LogP contribution in [-0.2, 0) is 6.61 Å². The number of rotatable bonds is 8. The monoisotopic (exact) mass is 433 g/mol. The van der Waals surface area contributed by atoms with Crippen molar-refractivity contribution in [2.75, 3.05) is 7.11 Å². The molecule has 3 aromatic carbocycles. The van der Waals surface area contributed by atoms with E-state index in [-0.39, 0.29) is 29.7 Å². The van der Waals surface area contributed by atoms with Crippen LogP contribution in [0, 0.1) is 24.0 Å². The number of nitro groups is 1. The summed E-state index contributed by atoms with van der Waals surface area (Å²) in [5.74, 6) is -0.165. The summed E-state index contributed by atoms with van der Waals surface area (Å²) >= 11 is 0. The molecule has 0 aromatic heterocycles. The first-order valence-corrected chi connectivity index (χ1v) is 9.83. The Morgan fingerprint density at radius 1 is 1.12 bits per heavy atom. The van der Waals surface area contributed by atoms with E-state index in [0.717, 1.165) is 16.7 Å². The number of carbonyl (C=O) groups excluding carboxylic acids is 1. The second kappa shape index (κ2) is 10.2. The molecular weight excluding hydrogens is 410 g/mol. The number of nitro benzene ring substituents is 1. The topological polar surface area (TPSA) is 103 Å². The van der Waals surface area contributed by atoms with Crippen molar-refractivity contribution < 1.29 is 19.2 Å². The van der Waals surface area contributed by atoms with Crippen molar-refractivity contribution in [3.63, 3.8) is 0 Å². The third-order valence-electron chi connectivity index (χ3n) is 4.80. The number of nitrogens with one attached hydrogen (secondary N) is 1. The van der Waals surface area contributed by atoms with E-state index in [1.807, 2.05) is 50.2 Å². The van der Waals surface area contributed by atoms with E-state index < -0.39 is 4.92 Å². The molecule has 0 saturated heterocycles. The SMILES string of the molecule is COc1cc(/C=N\NC(=O)c2ccc(C)cc2)cc([N+](=O)[O-])c1OCc1ccccc1C. The summed E-state index contributed by atoms with van der Waals surface area (Å²) in [4.78, 5) is 23.3. The standard InChI is InChI=1S/C24H23N3O5/c1-16-8-10-19(11-9-16)24(28)26-25-14-18-12-21(27(29)30)23(22(13-18)31-3)32-15-20-7-5-4-6-17(20)2/h4-14H,15H2,1-3H3,(H,26,28)/b25-14-. The number of hydrogen-bond donors (Lipinski definition) is 1. The lowest BCUT2D eigenvalue weighted by Crippen LogP contribution is -2.17. The quantitative estimate of drug-likeness (QED) is 0.319. The van der Waals surface area contributed by atoms with Gasteiger partial charge >= 0.3 is 5.69 Å². The normalized spacial score (nSPS) is 10.7. The highest BCUT2D eigenvalue weighted by atomic mass is 16.6. The van der Waals surface area contributed by atoms with E-state index in [9.17, 15) is 14.9 Å². The van der Waals surface area contributed by atoms with Crippen LogP contribution in [0.1, 0.15) is 32.6 Å². The molecule has 0 unspecified atom stereocenters. The van der Waals surface area contributed by atoms with E-state index >= 15 is 0 Å². The first-order chi connectivity index (χ1) is 15.4. The summed E-state index contributed by atoms with van der Waals surface area (Å²) in [6.45, 7) is 4.02. The van der Waals surface area contributed by atoms with Gasteiger partial charge < -0.3 is 9.47 Å². The van der Waals surface area contributed by atoms with Crippen molar-refractivity contribution >= 4 is 17.8 Å². The average molecular weight is 433 g/mol. The first-order valence-electron chi connectivity index (χ1n) is 9.83. The Labute approximate surface area is 185 Å². The summed E-state index contributed by atoms with van der Waals surface area (Å²) < 4.78 is 11.1. The molecule has 0 saturated carbocycles. The maximum Gasteiger partial charge on any atom is 0.315 e. The molecule has 0 bridgehead atoms. The second-order valence-corrected chi connectivity index (χ2v) is 7.11. The Kier molecular flexibility index (Phi) is 7.17. The molecule has 0 fully saturated rings. The fourth-order valence-electron chi connectivity index (χ4n) is 2.97. The minimum Gasteiger partial charge on any atom is -0.493 e. The molecule has 3 aromatic rings. The highest BCUT2D eigenvalue weighted by Crippen LogP contribution is 2.38. The van der Waals surface area contributed by atoms with Gasteiger partial charge in [-0.1, -0.05) is 42.0 Å². The first kappa shape index (κ1) is 22.5. The maximum atomic E-state index is 12.2. The molecule has 8 heteroatoms. The molecular formula is C24H23N3O5. The van der Waals surface area contributed by atoms with Crippen molar-refractivity contribution in [1.29, 1.82) is 0 Å². The largest absolute Gasteiger partial charge is 0.493 e. The van der Waals surface area contributed by atoms with Gasteiger partial charge in [0.25, 0.3) is 5.91 Å². The number of benzene rings is 3. The predicted octanol–water partition coefficient (Wildman–Crippen LogP) is 4.56. The van der Waals surface area contributed by atoms with Crippen LogP contribution in [0.25, 0.3) is 0 Å². The van der Waals surface area contributed by atoms with Gasteiger partial charge in [-0.2, -0.15) is 5.10 Å². The molecule has 0 radical (unpaired) electrons. The molecule has 3 rings (SSSR count). The Morgan fingerprint density at radius 3 is 2.50 bits per heavy atom. The van der Waals surface area contributed by atoms with E-state index in [1.165, 1.54) is 19.4 Å². The van der Waals surface area contributed by atoms with Gasteiger partial charge in [0.1, 0.15) is 6.61 Å². The van der Waals surface area contributed by atoms with Crippen LogP contribution in [0.15, 0.2) is 65.8 Å². The average Bonchev–Trinajstić information content (AvgIpc) is 2.78. The number of hydrazone groups is 1. The van der Waals surface area contributed by atoms with Gasteiger partial charge in [-0.05, 0) is 43.2 Å². The highest BCUT2D eigenvalue weighted by molar-refractivity contribution is 5.95. The van der Waals surface area contributed by atoms with Crippen LogP contribution in [0.2, 0.25) is 0 Å². The van der Waals surface area contributed by atoms with Crippen molar-refractivity contribution in [2.45, 2.75) is 20.5 Å². The van der Waals surface area contributed by atoms with Crippen LogP contribution in [0.4, 0.5) is 5.69 Å². The fraction of sp³-hybridized carbons (Fsp3) is 0.167. The predicted molar refractivity (Wildman–Crippen MR) is 121 cm³/mol. The summed E-state index contributed by atoms with van der Waals surface area (Å²) in [5.41, 5.74) is 5.94. The van der Waals surface area contributed by atoms with Gasteiger partial charge in [-0.15, -0.1) is 0 Å². The molecule has 0 aliphatic heterocycles. The lowest BCUT2D eigenvalue weighted by atomic mass is 10.1. The zero-order chi connectivity index (χ0) is 23.1. The van der Waals surface area contributed by atoms with Crippen molar-refractivity contribution in [1.82, 2.24) is 5.43 Å². The molecule has 0 aliphatic rings. The molecule has 0 aliphatic carbocycles. The Bertz CT molecular complexity index is 1160. The molecule has 1 amide bonds. The molecule has 0 atom stereocenters. The van der Waals surface area contributed by atoms with Crippen LogP contribution in [0.5, 0.6) is 11.5 Å². The van der Waals surface area contributed by atoms with E-state index in [4.69, 9.17) is 9.47 Å². The van der Waals surface area contributed by atoms with Gasteiger partial charge in [0.05, 0.1) is 18.2 Å².